The van der Waals surface area contributed by atoms with Crippen molar-refractivity contribution in [2.45, 2.75) is 45.4 Å². The van der Waals surface area contributed by atoms with Crippen molar-refractivity contribution in [3.8, 4) is 0 Å². The molecule has 0 amide bonds. The van der Waals surface area contributed by atoms with E-state index >= 15 is 0 Å². The fourth-order valence-corrected chi connectivity index (χ4v) is 2.40. The van der Waals surface area contributed by atoms with Crippen molar-refractivity contribution in [1.82, 2.24) is 10.3 Å². The van der Waals surface area contributed by atoms with Crippen LogP contribution in [0.3, 0.4) is 0 Å². The first kappa shape index (κ1) is 15.7. The highest BCUT2D eigenvalue weighted by Crippen LogP contribution is 2.20. The summed E-state index contributed by atoms with van der Waals surface area (Å²) in [5, 5.41) is 13.9. The molecule has 0 saturated heterocycles. The molecule has 3 heteroatoms. The van der Waals surface area contributed by atoms with Crippen molar-refractivity contribution in [3.05, 3.63) is 65.5 Å². The SMILES string of the molecule is CCc1ccc(C(O)C(CC)NCc2ccccn2)cc1. The molecule has 2 atom stereocenters. The Hall–Kier alpha value is -1.71. The van der Waals surface area contributed by atoms with Crippen LogP contribution < -0.4 is 5.32 Å². The Morgan fingerprint density at radius 1 is 1.10 bits per heavy atom. The van der Waals surface area contributed by atoms with Gasteiger partial charge in [-0.15, -0.1) is 0 Å². The zero-order valence-corrected chi connectivity index (χ0v) is 12.8. The second-order valence-electron chi connectivity index (χ2n) is 5.26. The molecule has 0 aliphatic rings. The number of nitrogens with one attached hydrogen (secondary N) is 1. The Morgan fingerprint density at radius 2 is 1.86 bits per heavy atom. The minimum Gasteiger partial charge on any atom is -0.387 e. The van der Waals surface area contributed by atoms with Crippen LogP contribution in [-0.4, -0.2) is 16.1 Å². The molecule has 0 aliphatic carbocycles. The Morgan fingerprint density at radius 3 is 2.43 bits per heavy atom. The van der Waals surface area contributed by atoms with Crippen molar-refractivity contribution < 1.29 is 5.11 Å². The number of aromatic nitrogens is 1. The average molecular weight is 284 g/mol. The Balaban J connectivity index is 1.98. The zero-order valence-electron chi connectivity index (χ0n) is 12.8. The third kappa shape index (κ3) is 4.38. The molecule has 21 heavy (non-hydrogen) atoms. The smallest absolute Gasteiger partial charge is 0.0942 e. The summed E-state index contributed by atoms with van der Waals surface area (Å²) in [6.07, 6.45) is 3.18. The molecule has 1 aromatic carbocycles. The molecule has 2 rings (SSSR count). The molecule has 0 saturated carbocycles. The predicted octanol–water partition coefficient (Wildman–Crippen LogP) is 3.25. The maximum Gasteiger partial charge on any atom is 0.0942 e. The highest BCUT2D eigenvalue weighted by Gasteiger charge is 2.18. The monoisotopic (exact) mass is 284 g/mol. The van der Waals surface area contributed by atoms with E-state index < -0.39 is 6.10 Å². The lowest BCUT2D eigenvalue weighted by atomic mass is 9.98. The largest absolute Gasteiger partial charge is 0.387 e. The van der Waals surface area contributed by atoms with E-state index in [0.717, 1.165) is 24.1 Å². The van der Waals surface area contributed by atoms with Crippen LogP contribution in [0.15, 0.2) is 48.7 Å². The Kier molecular flexibility index (Phi) is 5.90. The third-order valence-corrected chi connectivity index (χ3v) is 3.82. The number of rotatable bonds is 7. The van der Waals surface area contributed by atoms with E-state index in [1.54, 1.807) is 6.20 Å². The van der Waals surface area contributed by atoms with E-state index in [0.29, 0.717) is 6.54 Å². The molecule has 0 bridgehead atoms. The van der Waals surface area contributed by atoms with Gasteiger partial charge in [0.15, 0.2) is 0 Å². The number of aryl methyl sites for hydroxylation is 1. The topological polar surface area (TPSA) is 45.1 Å². The lowest BCUT2D eigenvalue weighted by Crippen LogP contribution is -2.34. The van der Waals surface area contributed by atoms with Gasteiger partial charge < -0.3 is 10.4 Å². The van der Waals surface area contributed by atoms with Gasteiger partial charge >= 0.3 is 0 Å². The maximum absolute atomic E-state index is 10.5. The fraction of sp³-hybridized carbons (Fsp3) is 0.389. The summed E-state index contributed by atoms with van der Waals surface area (Å²) in [6, 6.07) is 14.1. The van der Waals surface area contributed by atoms with Crippen LogP contribution in [0, 0.1) is 0 Å². The molecule has 1 heterocycles. The van der Waals surface area contributed by atoms with E-state index in [-0.39, 0.29) is 6.04 Å². The molecule has 0 radical (unpaired) electrons. The fourth-order valence-electron chi connectivity index (χ4n) is 2.40. The molecule has 1 aromatic heterocycles. The van der Waals surface area contributed by atoms with Crippen molar-refractivity contribution in [2.75, 3.05) is 0 Å². The first-order chi connectivity index (χ1) is 10.2. The first-order valence-electron chi connectivity index (χ1n) is 7.64. The second-order valence-corrected chi connectivity index (χ2v) is 5.26. The molecule has 0 fully saturated rings. The maximum atomic E-state index is 10.5. The van der Waals surface area contributed by atoms with Gasteiger partial charge in [0, 0.05) is 18.8 Å². The van der Waals surface area contributed by atoms with Gasteiger partial charge in [-0.1, -0.05) is 44.2 Å². The van der Waals surface area contributed by atoms with Gasteiger partial charge in [-0.3, -0.25) is 4.98 Å². The van der Waals surface area contributed by atoms with Crippen LogP contribution in [0.1, 0.15) is 43.2 Å². The zero-order chi connectivity index (χ0) is 15.1. The first-order valence-corrected chi connectivity index (χ1v) is 7.64. The summed E-state index contributed by atoms with van der Waals surface area (Å²) >= 11 is 0. The van der Waals surface area contributed by atoms with Crippen LogP contribution in [0.25, 0.3) is 0 Å². The molecule has 2 unspecified atom stereocenters. The second kappa shape index (κ2) is 7.91. The summed E-state index contributed by atoms with van der Waals surface area (Å²) in [5.74, 6) is 0. The van der Waals surface area contributed by atoms with Crippen molar-refractivity contribution in [2.24, 2.45) is 0 Å². The molecule has 2 N–H and O–H groups in total. The van der Waals surface area contributed by atoms with Crippen LogP contribution in [0.4, 0.5) is 0 Å². The van der Waals surface area contributed by atoms with Crippen LogP contribution in [0.5, 0.6) is 0 Å². The van der Waals surface area contributed by atoms with E-state index in [4.69, 9.17) is 0 Å². The van der Waals surface area contributed by atoms with E-state index in [1.807, 2.05) is 30.3 Å². The number of aliphatic hydroxyl groups is 1. The standard InChI is InChI=1S/C18H24N2O/c1-3-14-8-10-15(11-9-14)18(21)17(4-2)20-13-16-7-5-6-12-19-16/h5-12,17-18,20-21H,3-4,13H2,1-2H3. The van der Waals surface area contributed by atoms with Gasteiger partial charge in [-0.2, -0.15) is 0 Å². The van der Waals surface area contributed by atoms with E-state index in [1.165, 1.54) is 5.56 Å². The lowest BCUT2D eigenvalue weighted by molar-refractivity contribution is 0.125. The van der Waals surface area contributed by atoms with Crippen molar-refractivity contribution >= 4 is 0 Å². The Labute approximate surface area is 127 Å². The minimum atomic E-state index is -0.496. The predicted molar refractivity (Wildman–Crippen MR) is 85.9 cm³/mol. The number of aliphatic hydroxyl groups excluding tert-OH is 1. The molecule has 0 spiro atoms. The molecule has 2 aromatic rings. The third-order valence-electron chi connectivity index (χ3n) is 3.82. The number of nitrogens with zero attached hydrogens (tertiary/aromatic N) is 1. The number of hydrogen-bond acceptors (Lipinski definition) is 3. The van der Waals surface area contributed by atoms with Gasteiger partial charge in [0.05, 0.1) is 11.8 Å². The summed E-state index contributed by atoms with van der Waals surface area (Å²) in [7, 11) is 0. The van der Waals surface area contributed by atoms with Gasteiger partial charge in [0.2, 0.25) is 0 Å². The van der Waals surface area contributed by atoms with Gasteiger partial charge in [-0.05, 0) is 36.1 Å². The number of pyridine rings is 1. The highest BCUT2D eigenvalue weighted by molar-refractivity contribution is 5.25. The summed E-state index contributed by atoms with van der Waals surface area (Å²) in [6.45, 7) is 4.89. The van der Waals surface area contributed by atoms with Crippen molar-refractivity contribution in [1.29, 1.82) is 0 Å². The highest BCUT2D eigenvalue weighted by atomic mass is 16.3. The molecular formula is C18H24N2O. The number of benzene rings is 1. The summed E-state index contributed by atoms with van der Waals surface area (Å²) in [4.78, 5) is 4.30. The van der Waals surface area contributed by atoms with Crippen molar-refractivity contribution in [3.63, 3.8) is 0 Å². The summed E-state index contributed by atoms with van der Waals surface area (Å²) in [5.41, 5.74) is 3.25. The molecule has 3 nitrogen and oxygen atoms in total. The summed E-state index contributed by atoms with van der Waals surface area (Å²) < 4.78 is 0. The van der Waals surface area contributed by atoms with Gasteiger partial charge in [0.25, 0.3) is 0 Å². The van der Waals surface area contributed by atoms with E-state index in [9.17, 15) is 5.11 Å². The Bertz CT molecular complexity index is 525. The van der Waals surface area contributed by atoms with Gasteiger partial charge in [-0.25, -0.2) is 0 Å². The molecule has 112 valence electrons. The van der Waals surface area contributed by atoms with Gasteiger partial charge in [0.1, 0.15) is 0 Å². The average Bonchev–Trinajstić information content (AvgIpc) is 2.56. The molecular weight excluding hydrogens is 260 g/mol. The quantitative estimate of drug-likeness (QED) is 0.820. The normalized spacial score (nSPS) is 13.9. The van der Waals surface area contributed by atoms with Crippen LogP contribution >= 0.6 is 0 Å². The molecule has 0 aliphatic heterocycles. The lowest BCUT2D eigenvalue weighted by Gasteiger charge is -2.23. The minimum absolute atomic E-state index is 0.0273. The van der Waals surface area contributed by atoms with E-state index in [2.05, 4.69) is 36.3 Å². The van der Waals surface area contributed by atoms with Crippen LogP contribution in [-0.2, 0) is 13.0 Å². The number of hydrogen-bond donors (Lipinski definition) is 2. The van der Waals surface area contributed by atoms with Crippen LogP contribution in [0.2, 0.25) is 0 Å².